The fourth-order valence-corrected chi connectivity index (χ4v) is 4.70. The molecule has 0 aromatic carbocycles. The number of rotatable bonds is 3. The fourth-order valence-electron chi connectivity index (χ4n) is 4.45. The van der Waals surface area contributed by atoms with E-state index in [0.717, 1.165) is 43.1 Å². The Bertz CT molecular complexity index is 1340. The van der Waals surface area contributed by atoms with E-state index in [1.165, 1.54) is 0 Å². The average Bonchev–Trinajstić information content (AvgIpc) is 3.14. The number of aromatic nitrogens is 4. The standard InChI is InChI=1S/C23H25ClN6O/c1-4-27-7-8-28(12-16(27)3)18-5-6-21-26-20(10-22(31)30(21)14-18)17-9-19(24)23-25-15(2)11-29(23)13-17/h5-6,9-11,13-14,16H,4,7-8,12H2,1-3H3/t16-/m1/s1. The number of aryl methyl sites for hydroxylation is 1. The molecule has 7 nitrogen and oxygen atoms in total. The molecule has 4 aromatic rings. The number of nitrogens with zero attached hydrogens (tertiary/aromatic N) is 6. The van der Waals surface area contributed by atoms with E-state index in [0.29, 0.717) is 28.1 Å². The molecule has 0 spiro atoms. The van der Waals surface area contributed by atoms with Crippen LogP contribution in [-0.2, 0) is 0 Å². The van der Waals surface area contributed by atoms with Gasteiger partial charge in [-0.25, -0.2) is 9.97 Å². The number of piperazine rings is 1. The highest BCUT2D eigenvalue weighted by Crippen LogP contribution is 2.25. The number of likely N-dealkylation sites (N-methyl/N-ethyl adjacent to an activating group) is 1. The molecule has 31 heavy (non-hydrogen) atoms. The lowest BCUT2D eigenvalue weighted by Gasteiger charge is -2.40. The van der Waals surface area contributed by atoms with Crippen molar-refractivity contribution in [2.24, 2.45) is 0 Å². The van der Waals surface area contributed by atoms with E-state index >= 15 is 0 Å². The van der Waals surface area contributed by atoms with Crippen LogP contribution < -0.4 is 10.5 Å². The SMILES string of the molecule is CCN1CCN(c2ccc3nc(-c4cc(Cl)c5nc(C)cn5c4)cc(=O)n3c2)C[C@H]1C. The second-order valence-corrected chi connectivity index (χ2v) is 8.62. The molecule has 0 unspecified atom stereocenters. The minimum atomic E-state index is -0.111. The topological polar surface area (TPSA) is 58.2 Å². The summed E-state index contributed by atoms with van der Waals surface area (Å²) in [5.41, 5.74) is 4.51. The minimum absolute atomic E-state index is 0.111. The van der Waals surface area contributed by atoms with Gasteiger partial charge in [0.25, 0.3) is 5.56 Å². The first-order chi connectivity index (χ1) is 14.9. The van der Waals surface area contributed by atoms with Gasteiger partial charge in [0, 0.05) is 55.9 Å². The molecule has 1 aliphatic rings. The van der Waals surface area contributed by atoms with Crippen LogP contribution in [0.5, 0.6) is 0 Å². The summed E-state index contributed by atoms with van der Waals surface area (Å²) in [5, 5.41) is 0.531. The lowest BCUT2D eigenvalue weighted by Crippen LogP contribution is -2.51. The minimum Gasteiger partial charge on any atom is -0.367 e. The van der Waals surface area contributed by atoms with Crippen molar-refractivity contribution in [2.75, 3.05) is 31.1 Å². The van der Waals surface area contributed by atoms with Crippen LogP contribution in [0.1, 0.15) is 19.5 Å². The van der Waals surface area contributed by atoms with Gasteiger partial charge in [-0.3, -0.25) is 14.1 Å². The van der Waals surface area contributed by atoms with E-state index in [1.807, 2.05) is 42.0 Å². The largest absolute Gasteiger partial charge is 0.367 e. The lowest BCUT2D eigenvalue weighted by molar-refractivity contribution is 0.199. The summed E-state index contributed by atoms with van der Waals surface area (Å²) >= 11 is 6.42. The molecule has 0 bridgehead atoms. The van der Waals surface area contributed by atoms with Crippen molar-refractivity contribution >= 4 is 28.6 Å². The highest BCUT2D eigenvalue weighted by Gasteiger charge is 2.23. The monoisotopic (exact) mass is 436 g/mol. The van der Waals surface area contributed by atoms with Crippen LogP contribution in [0.3, 0.4) is 0 Å². The van der Waals surface area contributed by atoms with E-state index in [-0.39, 0.29) is 5.56 Å². The molecular weight excluding hydrogens is 412 g/mol. The van der Waals surface area contributed by atoms with Crippen molar-refractivity contribution in [3.05, 3.63) is 63.9 Å². The Kier molecular flexibility index (Phi) is 4.95. The molecule has 160 valence electrons. The Morgan fingerprint density at radius 1 is 1.13 bits per heavy atom. The number of pyridine rings is 2. The predicted octanol–water partition coefficient (Wildman–Crippen LogP) is 3.50. The van der Waals surface area contributed by atoms with Gasteiger partial charge in [-0.15, -0.1) is 0 Å². The first-order valence-electron chi connectivity index (χ1n) is 10.6. The second-order valence-electron chi connectivity index (χ2n) is 8.21. The molecule has 5 rings (SSSR count). The maximum Gasteiger partial charge on any atom is 0.258 e. The maximum absolute atomic E-state index is 13.0. The van der Waals surface area contributed by atoms with Crippen LogP contribution in [-0.4, -0.2) is 55.9 Å². The highest BCUT2D eigenvalue weighted by atomic mass is 35.5. The molecule has 0 saturated carbocycles. The van der Waals surface area contributed by atoms with Crippen LogP contribution in [0, 0.1) is 6.92 Å². The van der Waals surface area contributed by atoms with E-state index in [2.05, 4.69) is 34.7 Å². The third kappa shape index (κ3) is 3.58. The fraction of sp³-hybridized carbons (Fsp3) is 0.348. The van der Waals surface area contributed by atoms with Gasteiger partial charge in [-0.2, -0.15) is 0 Å². The van der Waals surface area contributed by atoms with Crippen molar-refractivity contribution in [3.8, 4) is 11.3 Å². The third-order valence-corrected chi connectivity index (χ3v) is 6.38. The summed E-state index contributed by atoms with van der Waals surface area (Å²) < 4.78 is 3.49. The van der Waals surface area contributed by atoms with Crippen molar-refractivity contribution in [2.45, 2.75) is 26.8 Å². The van der Waals surface area contributed by atoms with E-state index in [4.69, 9.17) is 16.6 Å². The molecule has 0 N–H and O–H groups in total. The molecule has 1 saturated heterocycles. The Labute approximate surface area is 185 Å². The molecule has 1 aliphatic heterocycles. The van der Waals surface area contributed by atoms with Gasteiger partial charge in [-0.1, -0.05) is 18.5 Å². The quantitative estimate of drug-likeness (QED) is 0.492. The Balaban J connectivity index is 1.52. The molecule has 5 heterocycles. The molecule has 8 heteroatoms. The summed E-state index contributed by atoms with van der Waals surface area (Å²) in [5.74, 6) is 0. The first kappa shape index (κ1) is 20.0. The van der Waals surface area contributed by atoms with Crippen LogP contribution >= 0.6 is 11.6 Å². The van der Waals surface area contributed by atoms with Gasteiger partial charge >= 0.3 is 0 Å². The molecule has 1 atom stereocenters. The zero-order chi connectivity index (χ0) is 21.7. The number of anilines is 1. The Hall–Kier alpha value is -2.90. The molecular formula is C23H25ClN6O. The van der Waals surface area contributed by atoms with Gasteiger partial charge in [0.15, 0.2) is 5.65 Å². The Morgan fingerprint density at radius 2 is 1.97 bits per heavy atom. The van der Waals surface area contributed by atoms with Gasteiger partial charge in [0.05, 0.1) is 22.1 Å². The summed E-state index contributed by atoms with van der Waals surface area (Å²) in [7, 11) is 0. The van der Waals surface area contributed by atoms with Crippen molar-refractivity contribution in [3.63, 3.8) is 0 Å². The molecule has 0 aliphatic carbocycles. The van der Waals surface area contributed by atoms with E-state index in [1.54, 1.807) is 10.5 Å². The summed E-state index contributed by atoms with van der Waals surface area (Å²) in [6.07, 6.45) is 5.71. The first-order valence-corrected chi connectivity index (χ1v) is 11.0. The maximum atomic E-state index is 13.0. The van der Waals surface area contributed by atoms with Crippen LogP contribution in [0.4, 0.5) is 5.69 Å². The predicted molar refractivity (Wildman–Crippen MR) is 124 cm³/mol. The zero-order valence-corrected chi connectivity index (χ0v) is 18.7. The number of fused-ring (bicyclic) bond motifs is 2. The summed E-state index contributed by atoms with van der Waals surface area (Å²) in [4.78, 5) is 26.9. The van der Waals surface area contributed by atoms with Gasteiger partial charge in [-0.05, 0) is 38.6 Å². The lowest BCUT2D eigenvalue weighted by atomic mass is 10.1. The van der Waals surface area contributed by atoms with Crippen molar-refractivity contribution < 1.29 is 0 Å². The second kappa shape index (κ2) is 7.66. The van der Waals surface area contributed by atoms with Crippen molar-refractivity contribution in [1.29, 1.82) is 0 Å². The molecule has 4 aromatic heterocycles. The highest BCUT2D eigenvalue weighted by molar-refractivity contribution is 6.33. The Morgan fingerprint density at radius 3 is 2.74 bits per heavy atom. The molecule has 1 fully saturated rings. The summed E-state index contributed by atoms with van der Waals surface area (Å²) in [6, 6.07) is 7.83. The molecule has 0 radical (unpaired) electrons. The number of hydrogen-bond donors (Lipinski definition) is 0. The smallest absolute Gasteiger partial charge is 0.258 e. The summed E-state index contributed by atoms with van der Waals surface area (Å²) in [6.45, 7) is 10.4. The van der Waals surface area contributed by atoms with Crippen molar-refractivity contribution in [1.82, 2.24) is 23.7 Å². The van der Waals surface area contributed by atoms with E-state index < -0.39 is 0 Å². The van der Waals surface area contributed by atoms with Crippen LogP contribution in [0.2, 0.25) is 5.02 Å². The van der Waals surface area contributed by atoms with Gasteiger partial charge in [0.2, 0.25) is 0 Å². The van der Waals surface area contributed by atoms with Gasteiger partial charge in [0.1, 0.15) is 5.65 Å². The third-order valence-electron chi connectivity index (χ3n) is 6.10. The average molecular weight is 437 g/mol. The normalized spacial score (nSPS) is 17.7. The number of imidazole rings is 1. The number of hydrogen-bond acceptors (Lipinski definition) is 5. The van der Waals surface area contributed by atoms with Crippen LogP contribution in [0.25, 0.3) is 22.6 Å². The molecule has 0 amide bonds. The van der Waals surface area contributed by atoms with Crippen LogP contribution in [0.15, 0.2) is 47.7 Å². The van der Waals surface area contributed by atoms with E-state index in [9.17, 15) is 4.79 Å². The zero-order valence-electron chi connectivity index (χ0n) is 17.9. The van der Waals surface area contributed by atoms with Gasteiger partial charge < -0.3 is 9.30 Å². The number of halogens is 1.